The number of aromatic nitrogens is 1. The third-order valence-corrected chi connectivity index (χ3v) is 2.75. The Hall–Kier alpha value is -0.940. The largest absolute Gasteiger partial charge is 0.432 e. The van der Waals surface area contributed by atoms with Crippen LogP contribution in [-0.4, -0.2) is 11.6 Å². The standard InChI is InChI=1S/C8H4ClF2NOS/c9-4-1-2-5-7(14-3-12-5)6(4)13-8(10)11/h1-3,8H. The van der Waals surface area contributed by atoms with E-state index in [1.165, 1.54) is 17.4 Å². The zero-order valence-corrected chi connectivity index (χ0v) is 8.28. The second-order valence-corrected chi connectivity index (χ2v) is 3.72. The van der Waals surface area contributed by atoms with Gasteiger partial charge in [-0.05, 0) is 12.1 Å². The highest BCUT2D eigenvalue weighted by Gasteiger charge is 2.13. The summed E-state index contributed by atoms with van der Waals surface area (Å²) in [5.41, 5.74) is 2.16. The van der Waals surface area contributed by atoms with Gasteiger partial charge in [-0.3, -0.25) is 0 Å². The zero-order chi connectivity index (χ0) is 10.1. The Morgan fingerprint density at radius 2 is 2.21 bits per heavy atom. The van der Waals surface area contributed by atoms with E-state index in [4.69, 9.17) is 11.6 Å². The topological polar surface area (TPSA) is 22.1 Å². The summed E-state index contributed by atoms with van der Waals surface area (Å²) in [4.78, 5) is 3.96. The van der Waals surface area contributed by atoms with Crippen molar-refractivity contribution in [1.29, 1.82) is 0 Å². The quantitative estimate of drug-likeness (QED) is 0.794. The average molecular weight is 236 g/mol. The number of thiazole rings is 1. The van der Waals surface area contributed by atoms with Crippen LogP contribution in [-0.2, 0) is 0 Å². The Bertz CT molecular complexity index is 460. The van der Waals surface area contributed by atoms with Crippen LogP contribution in [0.5, 0.6) is 5.75 Å². The Balaban J connectivity index is 2.58. The summed E-state index contributed by atoms with van der Waals surface area (Å²) in [6, 6.07) is 3.15. The smallest absolute Gasteiger partial charge is 0.387 e. The molecule has 2 aromatic rings. The van der Waals surface area contributed by atoms with E-state index in [1.54, 1.807) is 11.6 Å². The number of rotatable bonds is 2. The van der Waals surface area contributed by atoms with Crippen LogP contribution in [0.15, 0.2) is 17.6 Å². The maximum atomic E-state index is 12.0. The highest BCUT2D eigenvalue weighted by atomic mass is 35.5. The van der Waals surface area contributed by atoms with Gasteiger partial charge in [0.1, 0.15) is 0 Å². The predicted octanol–water partition coefficient (Wildman–Crippen LogP) is 3.55. The number of hydrogen-bond acceptors (Lipinski definition) is 3. The molecule has 6 heteroatoms. The lowest BCUT2D eigenvalue weighted by atomic mass is 10.3. The first kappa shape index (κ1) is 9.61. The number of hydrogen-bond donors (Lipinski definition) is 0. The molecule has 0 saturated carbocycles. The van der Waals surface area contributed by atoms with E-state index < -0.39 is 6.61 Å². The van der Waals surface area contributed by atoms with Gasteiger partial charge in [-0.25, -0.2) is 4.98 Å². The van der Waals surface area contributed by atoms with Gasteiger partial charge in [-0.1, -0.05) is 11.6 Å². The van der Waals surface area contributed by atoms with Gasteiger partial charge in [0.15, 0.2) is 5.75 Å². The summed E-state index contributed by atoms with van der Waals surface area (Å²) in [5.74, 6) is 0.00154. The normalized spacial score (nSPS) is 11.1. The van der Waals surface area contributed by atoms with Crippen LogP contribution in [0.3, 0.4) is 0 Å². The molecule has 0 amide bonds. The van der Waals surface area contributed by atoms with Gasteiger partial charge in [0.2, 0.25) is 0 Å². The molecule has 0 atom stereocenters. The van der Waals surface area contributed by atoms with E-state index in [2.05, 4.69) is 9.72 Å². The summed E-state index contributed by atoms with van der Waals surface area (Å²) in [5, 5.41) is 0.169. The van der Waals surface area contributed by atoms with Crippen LogP contribution in [0.2, 0.25) is 5.02 Å². The Morgan fingerprint density at radius 3 is 2.93 bits per heavy atom. The summed E-state index contributed by atoms with van der Waals surface area (Å²) < 4.78 is 28.9. The lowest BCUT2D eigenvalue weighted by Crippen LogP contribution is -2.02. The molecule has 0 unspecified atom stereocenters. The minimum Gasteiger partial charge on any atom is -0.432 e. The summed E-state index contributed by atoms with van der Waals surface area (Å²) >= 11 is 6.94. The van der Waals surface area contributed by atoms with Gasteiger partial charge < -0.3 is 4.74 Å². The molecular weight excluding hydrogens is 232 g/mol. The summed E-state index contributed by atoms with van der Waals surface area (Å²) in [6.07, 6.45) is 0. The average Bonchev–Trinajstić information content (AvgIpc) is 2.57. The molecule has 0 radical (unpaired) electrons. The predicted molar refractivity (Wildman–Crippen MR) is 51.3 cm³/mol. The van der Waals surface area contributed by atoms with E-state index in [0.29, 0.717) is 10.2 Å². The number of halogens is 3. The molecule has 0 fully saturated rings. The zero-order valence-electron chi connectivity index (χ0n) is 6.71. The second kappa shape index (κ2) is 3.67. The van der Waals surface area contributed by atoms with Crippen molar-refractivity contribution in [2.75, 3.05) is 0 Å². The lowest BCUT2D eigenvalue weighted by molar-refractivity contribution is -0.0486. The molecule has 14 heavy (non-hydrogen) atoms. The Morgan fingerprint density at radius 1 is 1.43 bits per heavy atom. The van der Waals surface area contributed by atoms with Gasteiger partial charge in [-0.15, -0.1) is 11.3 Å². The van der Waals surface area contributed by atoms with Gasteiger partial charge in [-0.2, -0.15) is 8.78 Å². The van der Waals surface area contributed by atoms with Crippen molar-refractivity contribution in [2.45, 2.75) is 6.61 Å². The molecule has 0 bridgehead atoms. The first-order chi connectivity index (χ1) is 6.68. The maximum Gasteiger partial charge on any atom is 0.387 e. The number of ether oxygens (including phenoxy) is 1. The second-order valence-electron chi connectivity index (χ2n) is 2.46. The summed E-state index contributed by atoms with van der Waals surface area (Å²) in [7, 11) is 0. The molecular formula is C8H4ClF2NOS. The molecule has 1 heterocycles. The molecule has 0 aliphatic carbocycles. The number of nitrogens with zero attached hydrogens (tertiary/aromatic N) is 1. The van der Waals surface area contributed by atoms with Gasteiger partial charge in [0.05, 0.1) is 20.7 Å². The van der Waals surface area contributed by atoms with E-state index in [-0.39, 0.29) is 10.8 Å². The minimum atomic E-state index is -2.87. The van der Waals surface area contributed by atoms with Gasteiger partial charge >= 0.3 is 6.61 Å². The molecule has 74 valence electrons. The van der Waals surface area contributed by atoms with Gasteiger partial charge in [0, 0.05) is 0 Å². The molecule has 2 rings (SSSR count). The SMILES string of the molecule is FC(F)Oc1c(Cl)ccc2ncsc12. The van der Waals surface area contributed by atoms with E-state index >= 15 is 0 Å². The highest BCUT2D eigenvalue weighted by molar-refractivity contribution is 7.17. The van der Waals surface area contributed by atoms with Crippen LogP contribution in [0.4, 0.5) is 8.78 Å². The number of fused-ring (bicyclic) bond motifs is 1. The fraction of sp³-hybridized carbons (Fsp3) is 0.125. The molecule has 0 saturated heterocycles. The molecule has 1 aromatic heterocycles. The molecule has 0 spiro atoms. The highest BCUT2D eigenvalue weighted by Crippen LogP contribution is 2.36. The maximum absolute atomic E-state index is 12.0. The Kier molecular flexibility index (Phi) is 2.52. The molecule has 0 aliphatic rings. The monoisotopic (exact) mass is 235 g/mol. The van der Waals surface area contributed by atoms with Crippen LogP contribution < -0.4 is 4.74 Å². The van der Waals surface area contributed by atoms with Crippen molar-refractivity contribution in [3.63, 3.8) is 0 Å². The van der Waals surface area contributed by atoms with E-state index in [1.807, 2.05) is 0 Å². The fourth-order valence-electron chi connectivity index (χ4n) is 1.08. The van der Waals surface area contributed by atoms with E-state index in [0.717, 1.165) is 0 Å². The van der Waals surface area contributed by atoms with Crippen molar-refractivity contribution in [3.8, 4) is 5.75 Å². The van der Waals surface area contributed by atoms with Crippen LogP contribution >= 0.6 is 22.9 Å². The minimum absolute atomic E-state index is 0.00154. The third kappa shape index (κ3) is 1.65. The van der Waals surface area contributed by atoms with E-state index in [9.17, 15) is 8.78 Å². The lowest BCUT2D eigenvalue weighted by Gasteiger charge is -2.06. The van der Waals surface area contributed by atoms with Crippen molar-refractivity contribution in [3.05, 3.63) is 22.7 Å². The summed E-state index contributed by atoms with van der Waals surface area (Å²) in [6.45, 7) is -2.87. The van der Waals surface area contributed by atoms with Crippen LogP contribution in [0.1, 0.15) is 0 Å². The number of alkyl halides is 2. The Labute approximate surface area is 87.1 Å². The molecule has 2 nitrogen and oxygen atoms in total. The molecule has 1 aromatic carbocycles. The molecule has 0 aliphatic heterocycles. The number of benzene rings is 1. The fourth-order valence-corrected chi connectivity index (χ4v) is 2.11. The van der Waals surface area contributed by atoms with Crippen molar-refractivity contribution >= 4 is 33.2 Å². The van der Waals surface area contributed by atoms with Gasteiger partial charge in [0.25, 0.3) is 0 Å². The first-order valence-electron chi connectivity index (χ1n) is 3.65. The third-order valence-electron chi connectivity index (χ3n) is 1.61. The molecule has 0 N–H and O–H groups in total. The van der Waals surface area contributed by atoms with Crippen LogP contribution in [0.25, 0.3) is 10.2 Å². The van der Waals surface area contributed by atoms with Crippen molar-refractivity contribution in [1.82, 2.24) is 4.98 Å². The first-order valence-corrected chi connectivity index (χ1v) is 4.91. The van der Waals surface area contributed by atoms with Crippen LogP contribution in [0, 0.1) is 0 Å². The van der Waals surface area contributed by atoms with Crippen molar-refractivity contribution < 1.29 is 13.5 Å². The van der Waals surface area contributed by atoms with Crippen molar-refractivity contribution in [2.24, 2.45) is 0 Å².